The van der Waals surface area contributed by atoms with E-state index in [0.717, 1.165) is 43.5 Å². The van der Waals surface area contributed by atoms with Crippen molar-refractivity contribution in [3.8, 4) is 5.75 Å². The van der Waals surface area contributed by atoms with E-state index in [2.05, 4.69) is 0 Å². The van der Waals surface area contributed by atoms with Crippen LogP contribution in [0.15, 0.2) is 47.4 Å². The van der Waals surface area contributed by atoms with Gasteiger partial charge in [0.25, 0.3) is 0 Å². The minimum Gasteiger partial charge on any atom is -0.379 e. The van der Waals surface area contributed by atoms with Gasteiger partial charge < -0.3 is 14.0 Å². The van der Waals surface area contributed by atoms with E-state index in [1.807, 2.05) is 19.0 Å². The van der Waals surface area contributed by atoms with Crippen LogP contribution in [-0.2, 0) is 21.5 Å². The molecular weight excluding hydrogens is 443 g/mol. The Hall–Kier alpha value is -2.16. The molecule has 9 heteroatoms. The second kappa shape index (κ2) is 9.97. The molecule has 1 saturated carbocycles. The predicted octanol–water partition coefficient (Wildman–Crippen LogP) is 3.94. The largest absolute Gasteiger partial charge is 0.379 e. The third-order valence-corrected chi connectivity index (χ3v) is 6.75. The van der Waals surface area contributed by atoms with Crippen molar-refractivity contribution in [3.05, 3.63) is 58.9 Å². The van der Waals surface area contributed by atoms with Crippen LogP contribution in [0.3, 0.4) is 0 Å². The Morgan fingerprint density at radius 3 is 2.39 bits per heavy atom. The maximum atomic E-state index is 13.2. The molecule has 1 amide bonds. The van der Waals surface area contributed by atoms with Gasteiger partial charge in [0.15, 0.2) is 0 Å². The Morgan fingerprint density at radius 1 is 1.13 bits per heavy atom. The van der Waals surface area contributed by atoms with Gasteiger partial charge in [-0.15, -0.1) is 0 Å². The lowest BCUT2D eigenvalue weighted by Gasteiger charge is -2.32. The van der Waals surface area contributed by atoms with Crippen molar-refractivity contribution < 1.29 is 21.8 Å². The second-order valence-corrected chi connectivity index (χ2v) is 9.92. The first-order chi connectivity index (χ1) is 14.7. The molecule has 2 aromatic carbocycles. The normalized spacial score (nSPS) is 14.4. The van der Waals surface area contributed by atoms with Gasteiger partial charge in [0.1, 0.15) is 16.5 Å². The van der Waals surface area contributed by atoms with E-state index in [1.54, 1.807) is 11.0 Å². The summed E-state index contributed by atoms with van der Waals surface area (Å²) in [6.07, 6.45) is 2.78. The predicted molar refractivity (Wildman–Crippen MR) is 117 cm³/mol. The van der Waals surface area contributed by atoms with Crippen LogP contribution >= 0.6 is 11.6 Å². The zero-order valence-electron chi connectivity index (χ0n) is 17.6. The summed E-state index contributed by atoms with van der Waals surface area (Å²) in [6.45, 7) is 1.35. The second-order valence-electron chi connectivity index (χ2n) is 7.93. The van der Waals surface area contributed by atoms with Crippen LogP contribution in [0.1, 0.15) is 24.8 Å². The third kappa shape index (κ3) is 6.18. The van der Waals surface area contributed by atoms with Crippen molar-refractivity contribution in [2.75, 3.05) is 27.2 Å². The van der Waals surface area contributed by atoms with E-state index < -0.39 is 15.9 Å². The van der Waals surface area contributed by atoms with Gasteiger partial charge in [-0.2, -0.15) is 8.42 Å². The molecule has 1 aliphatic carbocycles. The van der Waals surface area contributed by atoms with Gasteiger partial charge in [0.2, 0.25) is 5.91 Å². The number of amides is 1. The number of nitrogens with zero attached hydrogens (tertiary/aromatic N) is 2. The zero-order valence-corrected chi connectivity index (χ0v) is 19.1. The van der Waals surface area contributed by atoms with Crippen molar-refractivity contribution in [2.24, 2.45) is 5.92 Å². The number of benzene rings is 2. The summed E-state index contributed by atoms with van der Waals surface area (Å²) in [5.74, 6) is -0.392. The van der Waals surface area contributed by atoms with Gasteiger partial charge in [0.05, 0.1) is 0 Å². The molecule has 0 aromatic heterocycles. The fraction of sp³-hybridized carbons (Fsp3) is 0.409. The molecule has 6 nitrogen and oxygen atoms in total. The summed E-state index contributed by atoms with van der Waals surface area (Å²) in [5, 5.41) is 0.408. The zero-order chi connectivity index (χ0) is 22.6. The number of rotatable bonds is 9. The molecule has 31 heavy (non-hydrogen) atoms. The molecule has 3 rings (SSSR count). The standard InChI is InChI=1S/C22H26ClFN2O4S/c1-25(2)12-13-26(22(27)16-4-3-5-16)15-17-14-18(23)6-11-21(17)30-31(28,29)20-9-7-19(24)8-10-20/h6-11,14,16H,3-5,12-13,15H2,1-2H3. The molecule has 0 spiro atoms. The number of halogens is 2. The van der Waals surface area contributed by atoms with Gasteiger partial charge in [-0.3, -0.25) is 4.79 Å². The molecule has 1 aliphatic rings. The van der Waals surface area contributed by atoms with E-state index in [1.165, 1.54) is 12.1 Å². The SMILES string of the molecule is CN(C)CCN(Cc1cc(Cl)ccc1OS(=O)(=O)c1ccc(F)cc1)C(=O)C1CCC1. The summed E-state index contributed by atoms with van der Waals surface area (Å²) in [4.78, 5) is 16.5. The van der Waals surface area contributed by atoms with Crippen LogP contribution in [-0.4, -0.2) is 51.3 Å². The van der Waals surface area contributed by atoms with Gasteiger partial charge in [0, 0.05) is 36.1 Å². The molecule has 0 bridgehead atoms. The summed E-state index contributed by atoms with van der Waals surface area (Å²) in [7, 11) is -0.327. The van der Waals surface area contributed by atoms with Crippen molar-refractivity contribution in [2.45, 2.75) is 30.7 Å². The highest BCUT2D eigenvalue weighted by Gasteiger charge is 2.30. The third-order valence-electron chi connectivity index (χ3n) is 5.27. The van der Waals surface area contributed by atoms with E-state index in [-0.39, 0.29) is 29.0 Å². The summed E-state index contributed by atoms with van der Waals surface area (Å²) < 4.78 is 43.9. The Balaban J connectivity index is 1.86. The first kappa shape index (κ1) is 23.5. The molecule has 168 valence electrons. The molecule has 0 aliphatic heterocycles. The van der Waals surface area contributed by atoms with E-state index >= 15 is 0 Å². The number of carbonyl (C=O) groups is 1. The van der Waals surface area contributed by atoms with Crippen LogP contribution < -0.4 is 4.18 Å². The first-order valence-electron chi connectivity index (χ1n) is 10.1. The smallest absolute Gasteiger partial charge is 0.339 e. The Morgan fingerprint density at radius 2 is 1.81 bits per heavy atom. The lowest BCUT2D eigenvalue weighted by Crippen LogP contribution is -2.41. The van der Waals surface area contributed by atoms with Gasteiger partial charge in [-0.25, -0.2) is 4.39 Å². The van der Waals surface area contributed by atoms with Crippen molar-refractivity contribution >= 4 is 27.6 Å². The van der Waals surface area contributed by atoms with Crippen LogP contribution in [0.2, 0.25) is 5.02 Å². The van der Waals surface area contributed by atoms with Crippen LogP contribution in [0.4, 0.5) is 4.39 Å². The molecule has 0 N–H and O–H groups in total. The highest BCUT2D eigenvalue weighted by molar-refractivity contribution is 7.87. The molecule has 0 saturated heterocycles. The minimum absolute atomic E-state index is 0.00802. The van der Waals surface area contributed by atoms with Gasteiger partial charge in [-0.05, 0) is 69.4 Å². The molecule has 2 aromatic rings. The Bertz CT molecular complexity index is 1020. The number of likely N-dealkylation sites (N-methyl/N-ethyl adjacent to an activating group) is 1. The lowest BCUT2D eigenvalue weighted by atomic mass is 9.84. The van der Waals surface area contributed by atoms with Crippen molar-refractivity contribution in [3.63, 3.8) is 0 Å². The van der Waals surface area contributed by atoms with Gasteiger partial charge in [-0.1, -0.05) is 18.0 Å². The molecule has 0 atom stereocenters. The molecule has 0 heterocycles. The highest BCUT2D eigenvalue weighted by Crippen LogP contribution is 2.31. The quantitative estimate of drug-likeness (QED) is 0.521. The van der Waals surface area contributed by atoms with Gasteiger partial charge >= 0.3 is 10.1 Å². The Kier molecular flexibility index (Phi) is 7.56. The molecule has 0 unspecified atom stereocenters. The Labute approximate surface area is 187 Å². The number of hydrogen-bond donors (Lipinski definition) is 0. The molecular formula is C22H26ClFN2O4S. The fourth-order valence-electron chi connectivity index (χ4n) is 3.23. The molecule has 1 fully saturated rings. The summed E-state index contributed by atoms with van der Waals surface area (Å²) >= 11 is 6.16. The maximum absolute atomic E-state index is 13.2. The number of carbonyl (C=O) groups excluding carboxylic acids is 1. The maximum Gasteiger partial charge on any atom is 0.339 e. The first-order valence-corrected chi connectivity index (χ1v) is 11.9. The summed E-state index contributed by atoms with van der Waals surface area (Å²) in [5.41, 5.74) is 0.490. The van der Waals surface area contributed by atoms with E-state index in [4.69, 9.17) is 15.8 Å². The lowest BCUT2D eigenvalue weighted by molar-refractivity contribution is -0.139. The minimum atomic E-state index is -4.18. The topological polar surface area (TPSA) is 66.9 Å². The molecule has 0 radical (unpaired) electrons. The van der Waals surface area contributed by atoms with Crippen LogP contribution in [0.25, 0.3) is 0 Å². The van der Waals surface area contributed by atoms with Crippen LogP contribution in [0.5, 0.6) is 5.75 Å². The monoisotopic (exact) mass is 468 g/mol. The summed E-state index contributed by atoms with van der Waals surface area (Å²) in [6, 6.07) is 9.00. The van der Waals surface area contributed by atoms with Crippen molar-refractivity contribution in [1.29, 1.82) is 0 Å². The number of hydrogen-bond acceptors (Lipinski definition) is 5. The highest BCUT2D eigenvalue weighted by atomic mass is 35.5. The fourth-order valence-corrected chi connectivity index (χ4v) is 4.39. The average molecular weight is 469 g/mol. The van der Waals surface area contributed by atoms with E-state index in [0.29, 0.717) is 23.7 Å². The average Bonchev–Trinajstić information content (AvgIpc) is 2.65. The van der Waals surface area contributed by atoms with Crippen molar-refractivity contribution in [1.82, 2.24) is 9.80 Å². The van der Waals surface area contributed by atoms with E-state index in [9.17, 15) is 17.6 Å². The van der Waals surface area contributed by atoms with Crippen LogP contribution in [0, 0.1) is 11.7 Å².